The van der Waals surface area contributed by atoms with Gasteiger partial charge in [-0.3, -0.25) is 0 Å². The minimum absolute atomic E-state index is 0.819. The first kappa shape index (κ1) is 19.1. The van der Waals surface area contributed by atoms with E-state index in [1.165, 1.54) is 16.8 Å². The first-order valence-electron chi connectivity index (χ1n) is 9.92. The Labute approximate surface area is 172 Å². The Morgan fingerprint density at radius 1 is 0.862 bits per heavy atom. The third-order valence-corrected chi connectivity index (χ3v) is 5.34. The van der Waals surface area contributed by atoms with Crippen LogP contribution >= 0.6 is 0 Å². The van der Waals surface area contributed by atoms with Gasteiger partial charge in [0.15, 0.2) is 0 Å². The number of nitrogens with zero attached hydrogens (tertiary/aromatic N) is 4. The van der Waals surface area contributed by atoms with Gasteiger partial charge in [-0.2, -0.15) is 0 Å². The summed E-state index contributed by atoms with van der Waals surface area (Å²) in [7, 11) is 1.69. The van der Waals surface area contributed by atoms with Gasteiger partial charge < -0.3 is 19.9 Å². The summed E-state index contributed by atoms with van der Waals surface area (Å²) in [4.78, 5) is 13.6. The number of aryl methyl sites for hydroxylation is 2. The molecule has 1 fully saturated rings. The summed E-state index contributed by atoms with van der Waals surface area (Å²) in [5, 5.41) is 3.42. The molecule has 4 rings (SSSR count). The highest BCUT2D eigenvalue weighted by Gasteiger charge is 2.19. The van der Waals surface area contributed by atoms with Crippen LogP contribution in [0.5, 0.6) is 5.75 Å². The van der Waals surface area contributed by atoms with Crippen molar-refractivity contribution in [2.45, 2.75) is 13.8 Å². The standard InChI is InChI=1S/C23H27N5O/c1-17-4-9-21(18(2)14-17)26-22-15-23(25-16-24-22)28-12-10-27(11-13-28)19-5-7-20(29-3)8-6-19/h4-9,14-16H,10-13H2,1-3H3,(H,24,25,26). The number of methoxy groups -OCH3 is 1. The molecule has 0 spiro atoms. The van der Waals surface area contributed by atoms with Crippen LogP contribution < -0.4 is 19.9 Å². The Kier molecular flexibility index (Phi) is 5.51. The molecule has 0 atom stereocenters. The molecule has 29 heavy (non-hydrogen) atoms. The van der Waals surface area contributed by atoms with Crippen LogP contribution in [0, 0.1) is 13.8 Å². The fourth-order valence-electron chi connectivity index (χ4n) is 3.67. The fraction of sp³-hybridized carbons (Fsp3) is 0.304. The highest BCUT2D eigenvalue weighted by Crippen LogP contribution is 2.24. The molecule has 0 unspecified atom stereocenters. The summed E-state index contributed by atoms with van der Waals surface area (Å²) in [5.41, 5.74) is 4.76. The number of piperazine rings is 1. The molecule has 1 aromatic heterocycles. The van der Waals surface area contributed by atoms with E-state index in [9.17, 15) is 0 Å². The largest absolute Gasteiger partial charge is 0.497 e. The lowest BCUT2D eigenvalue weighted by molar-refractivity contribution is 0.415. The number of hydrogen-bond donors (Lipinski definition) is 1. The summed E-state index contributed by atoms with van der Waals surface area (Å²) in [5.74, 6) is 2.67. The molecule has 2 heterocycles. The molecule has 0 aliphatic carbocycles. The summed E-state index contributed by atoms with van der Waals surface area (Å²) >= 11 is 0. The van der Waals surface area contributed by atoms with Crippen LogP contribution in [0.4, 0.5) is 23.0 Å². The fourth-order valence-corrected chi connectivity index (χ4v) is 3.67. The molecular weight excluding hydrogens is 362 g/mol. The number of benzene rings is 2. The summed E-state index contributed by atoms with van der Waals surface area (Å²) in [6, 6.07) is 16.7. The number of aromatic nitrogens is 2. The van der Waals surface area contributed by atoms with Gasteiger partial charge in [0.2, 0.25) is 0 Å². The molecule has 6 heteroatoms. The van der Waals surface area contributed by atoms with Crippen LogP contribution in [0.3, 0.4) is 0 Å². The number of hydrogen-bond acceptors (Lipinski definition) is 6. The van der Waals surface area contributed by atoms with Gasteiger partial charge in [-0.05, 0) is 49.7 Å². The highest BCUT2D eigenvalue weighted by atomic mass is 16.5. The van der Waals surface area contributed by atoms with E-state index in [0.717, 1.165) is 49.3 Å². The van der Waals surface area contributed by atoms with E-state index in [4.69, 9.17) is 4.74 Å². The average molecular weight is 390 g/mol. The molecule has 2 aromatic carbocycles. The van der Waals surface area contributed by atoms with Crippen molar-refractivity contribution in [3.8, 4) is 5.75 Å². The number of rotatable bonds is 5. The van der Waals surface area contributed by atoms with Crippen molar-refractivity contribution in [1.82, 2.24) is 9.97 Å². The summed E-state index contributed by atoms with van der Waals surface area (Å²) in [6.07, 6.45) is 1.64. The van der Waals surface area contributed by atoms with Gasteiger partial charge in [-0.25, -0.2) is 9.97 Å². The molecule has 0 amide bonds. The van der Waals surface area contributed by atoms with Gasteiger partial charge in [0.25, 0.3) is 0 Å². The van der Waals surface area contributed by atoms with Crippen LogP contribution in [-0.4, -0.2) is 43.3 Å². The number of nitrogens with one attached hydrogen (secondary N) is 1. The molecule has 0 bridgehead atoms. The normalized spacial score (nSPS) is 14.0. The topological polar surface area (TPSA) is 53.5 Å². The van der Waals surface area contributed by atoms with Crippen LogP contribution in [0.15, 0.2) is 54.9 Å². The zero-order chi connectivity index (χ0) is 20.2. The van der Waals surface area contributed by atoms with Crippen molar-refractivity contribution in [3.05, 3.63) is 66.0 Å². The molecule has 3 aromatic rings. The molecule has 0 radical (unpaired) electrons. The number of anilines is 4. The Hall–Kier alpha value is -3.28. The SMILES string of the molecule is COc1ccc(N2CCN(c3cc(Nc4ccc(C)cc4C)ncn3)CC2)cc1. The van der Waals surface area contributed by atoms with E-state index in [-0.39, 0.29) is 0 Å². The molecule has 1 aliphatic heterocycles. The van der Waals surface area contributed by atoms with Crippen LogP contribution in [-0.2, 0) is 0 Å². The van der Waals surface area contributed by atoms with Crippen LogP contribution in [0.1, 0.15) is 11.1 Å². The van der Waals surface area contributed by atoms with Gasteiger partial charge in [-0.1, -0.05) is 17.7 Å². The second-order valence-electron chi connectivity index (χ2n) is 7.38. The highest BCUT2D eigenvalue weighted by molar-refractivity contribution is 5.63. The monoisotopic (exact) mass is 389 g/mol. The molecular formula is C23H27N5O. The third-order valence-electron chi connectivity index (χ3n) is 5.34. The predicted molar refractivity (Wildman–Crippen MR) is 119 cm³/mol. The molecule has 1 saturated heterocycles. The Morgan fingerprint density at radius 2 is 1.59 bits per heavy atom. The Bertz CT molecular complexity index is 965. The van der Waals surface area contributed by atoms with E-state index in [1.54, 1.807) is 13.4 Å². The second-order valence-corrected chi connectivity index (χ2v) is 7.38. The quantitative estimate of drug-likeness (QED) is 0.707. The van der Waals surface area contributed by atoms with Gasteiger partial charge in [0.05, 0.1) is 7.11 Å². The van der Waals surface area contributed by atoms with Gasteiger partial charge in [-0.15, -0.1) is 0 Å². The van der Waals surface area contributed by atoms with Crippen molar-refractivity contribution in [3.63, 3.8) is 0 Å². The first-order valence-corrected chi connectivity index (χ1v) is 9.92. The maximum absolute atomic E-state index is 5.25. The zero-order valence-corrected chi connectivity index (χ0v) is 17.2. The lowest BCUT2D eigenvalue weighted by Crippen LogP contribution is -2.46. The molecule has 150 valence electrons. The van der Waals surface area contributed by atoms with E-state index in [2.05, 4.69) is 69.3 Å². The van der Waals surface area contributed by atoms with Crippen LogP contribution in [0.2, 0.25) is 0 Å². The number of ether oxygens (including phenoxy) is 1. The van der Waals surface area contributed by atoms with Crippen molar-refractivity contribution >= 4 is 23.0 Å². The van der Waals surface area contributed by atoms with E-state index >= 15 is 0 Å². The summed E-state index contributed by atoms with van der Waals surface area (Å²) in [6.45, 7) is 7.96. The van der Waals surface area contributed by atoms with Gasteiger partial charge in [0.1, 0.15) is 23.7 Å². The third kappa shape index (κ3) is 4.42. The lowest BCUT2D eigenvalue weighted by Gasteiger charge is -2.36. The summed E-state index contributed by atoms with van der Waals surface area (Å²) < 4.78 is 5.25. The van der Waals surface area contributed by atoms with E-state index in [1.807, 2.05) is 18.2 Å². The second kappa shape index (κ2) is 8.39. The molecule has 1 N–H and O–H groups in total. The minimum Gasteiger partial charge on any atom is -0.497 e. The van der Waals surface area contributed by atoms with E-state index in [0.29, 0.717) is 0 Å². The van der Waals surface area contributed by atoms with Crippen LogP contribution in [0.25, 0.3) is 0 Å². The average Bonchev–Trinajstić information content (AvgIpc) is 2.76. The molecule has 1 aliphatic rings. The smallest absolute Gasteiger partial charge is 0.135 e. The Balaban J connectivity index is 1.41. The van der Waals surface area contributed by atoms with E-state index < -0.39 is 0 Å². The lowest BCUT2D eigenvalue weighted by atomic mass is 10.1. The van der Waals surface area contributed by atoms with Gasteiger partial charge >= 0.3 is 0 Å². The molecule has 0 saturated carbocycles. The first-order chi connectivity index (χ1) is 14.1. The maximum Gasteiger partial charge on any atom is 0.135 e. The van der Waals surface area contributed by atoms with Crippen molar-refractivity contribution in [2.75, 3.05) is 48.4 Å². The predicted octanol–water partition coefficient (Wildman–Crippen LogP) is 4.17. The zero-order valence-electron chi connectivity index (χ0n) is 17.2. The minimum atomic E-state index is 0.819. The van der Waals surface area contributed by atoms with Crippen molar-refractivity contribution < 1.29 is 4.74 Å². The van der Waals surface area contributed by atoms with Crippen molar-refractivity contribution in [1.29, 1.82) is 0 Å². The maximum atomic E-state index is 5.25. The van der Waals surface area contributed by atoms with Gasteiger partial charge in [0, 0.05) is 43.6 Å². The molecule has 6 nitrogen and oxygen atoms in total. The Morgan fingerprint density at radius 3 is 2.28 bits per heavy atom. The van der Waals surface area contributed by atoms with Crippen molar-refractivity contribution in [2.24, 2.45) is 0 Å².